The van der Waals surface area contributed by atoms with Gasteiger partial charge in [-0.3, -0.25) is 4.84 Å². The molecule has 0 radical (unpaired) electrons. The van der Waals surface area contributed by atoms with E-state index in [1.807, 2.05) is 49.4 Å². The maximum Gasteiger partial charge on any atom is 0.339 e. The quantitative estimate of drug-likeness (QED) is 0.833. The van der Waals surface area contributed by atoms with Gasteiger partial charge in [-0.25, -0.2) is 10.3 Å². The fraction of sp³-hybridized carbons (Fsp3) is 0.176. The number of nitriles is 1. The summed E-state index contributed by atoms with van der Waals surface area (Å²) in [5.74, 6) is 0. The number of carbonyl (C=O) groups is 1. The van der Waals surface area contributed by atoms with E-state index < -0.39 is 6.03 Å². The molecule has 0 aliphatic heterocycles. The lowest BCUT2D eigenvalue weighted by molar-refractivity contribution is 0.0483. The van der Waals surface area contributed by atoms with Crippen LogP contribution in [0.25, 0.3) is 0 Å². The molecule has 0 saturated heterocycles. The van der Waals surface area contributed by atoms with E-state index >= 15 is 0 Å². The van der Waals surface area contributed by atoms with Gasteiger partial charge in [-0.05, 0) is 30.2 Å². The van der Waals surface area contributed by atoms with Crippen LogP contribution in [0.5, 0.6) is 0 Å². The third-order valence-corrected chi connectivity index (χ3v) is 3.13. The molecule has 0 saturated carbocycles. The Morgan fingerprint density at radius 3 is 2.50 bits per heavy atom. The second kappa shape index (κ2) is 7.81. The molecule has 0 unspecified atom stereocenters. The van der Waals surface area contributed by atoms with Crippen molar-refractivity contribution >= 4 is 6.03 Å². The van der Waals surface area contributed by atoms with Gasteiger partial charge in [0.15, 0.2) is 0 Å². The zero-order valence-electron chi connectivity index (χ0n) is 12.2. The molecule has 0 bridgehead atoms. The van der Waals surface area contributed by atoms with E-state index in [9.17, 15) is 4.79 Å². The average molecular weight is 295 g/mol. The second-order valence-electron chi connectivity index (χ2n) is 4.81. The molecule has 112 valence electrons. The maximum absolute atomic E-state index is 11.7. The summed E-state index contributed by atoms with van der Waals surface area (Å²) in [4.78, 5) is 16.9. The molecule has 5 nitrogen and oxygen atoms in total. The normalized spacial score (nSPS) is 11.3. The van der Waals surface area contributed by atoms with E-state index in [1.165, 1.54) is 0 Å². The van der Waals surface area contributed by atoms with E-state index in [-0.39, 0.29) is 6.04 Å². The van der Waals surface area contributed by atoms with Gasteiger partial charge in [-0.15, -0.1) is 0 Å². The third kappa shape index (κ3) is 4.62. The van der Waals surface area contributed by atoms with Crippen molar-refractivity contribution in [2.75, 3.05) is 0 Å². The Balaban J connectivity index is 1.77. The number of urea groups is 1. The molecule has 0 fully saturated rings. The monoisotopic (exact) mass is 295 g/mol. The van der Waals surface area contributed by atoms with Crippen LogP contribution in [0.2, 0.25) is 0 Å². The minimum atomic E-state index is -0.409. The molecule has 2 aromatic rings. The van der Waals surface area contributed by atoms with Crippen LogP contribution in [0.3, 0.4) is 0 Å². The van der Waals surface area contributed by atoms with Crippen molar-refractivity contribution in [2.24, 2.45) is 0 Å². The molecule has 5 heteroatoms. The lowest BCUT2D eigenvalue weighted by Gasteiger charge is -2.15. The summed E-state index contributed by atoms with van der Waals surface area (Å²) in [6, 6.07) is 18.1. The van der Waals surface area contributed by atoms with Crippen LogP contribution in [-0.2, 0) is 11.4 Å². The lowest BCUT2D eigenvalue weighted by Crippen LogP contribution is -2.36. The van der Waals surface area contributed by atoms with Crippen LogP contribution in [0.15, 0.2) is 54.6 Å². The standard InChI is InChI=1S/C17H17N3O2/c1-13(16-9-7-14(11-18)8-10-16)19-17(21)20-22-12-15-5-3-2-4-6-15/h2-10,13H,12H2,1H3,(H2,19,20,21)/t13-/m0/s1. The molecule has 0 heterocycles. The maximum atomic E-state index is 11.7. The van der Waals surface area contributed by atoms with Crippen molar-refractivity contribution in [3.8, 4) is 6.07 Å². The van der Waals surface area contributed by atoms with E-state index in [0.717, 1.165) is 11.1 Å². The molecular weight excluding hydrogens is 278 g/mol. The van der Waals surface area contributed by atoms with Crippen molar-refractivity contribution in [3.05, 3.63) is 71.3 Å². The summed E-state index contributed by atoms with van der Waals surface area (Å²) in [7, 11) is 0. The second-order valence-corrected chi connectivity index (χ2v) is 4.81. The Kier molecular flexibility index (Phi) is 5.52. The number of amides is 2. The summed E-state index contributed by atoms with van der Waals surface area (Å²) < 4.78 is 0. The highest BCUT2D eigenvalue weighted by molar-refractivity contribution is 5.73. The number of hydrogen-bond donors (Lipinski definition) is 2. The van der Waals surface area contributed by atoms with Crippen LogP contribution in [-0.4, -0.2) is 6.03 Å². The summed E-state index contributed by atoms with van der Waals surface area (Å²) in [6.07, 6.45) is 0. The Morgan fingerprint density at radius 2 is 1.86 bits per heavy atom. The topological polar surface area (TPSA) is 74.2 Å². The first-order valence-corrected chi connectivity index (χ1v) is 6.91. The highest BCUT2D eigenvalue weighted by Gasteiger charge is 2.09. The van der Waals surface area contributed by atoms with Gasteiger partial charge in [0.2, 0.25) is 0 Å². The number of carbonyl (C=O) groups excluding carboxylic acids is 1. The van der Waals surface area contributed by atoms with Crippen LogP contribution in [0, 0.1) is 11.3 Å². The molecule has 2 rings (SSSR count). The molecule has 0 aliphatic rings. The summed E-state index contributed by atoms with van der Waals surface area (Å²) in [5.41, 5.74) is 4.83. The van der Waals surface area contributed by atoms with Gasteiger partial charge >= 0.3 is 6.03 Å². The minimum Gasteiger partial charge on any atom is -0.330 e. The number of rotatable bonds is 5. The van der Waals surface area contributed by atoms with Crippen LogP contribution in [0.4, 0.5) is 4.79 Å². The SMILES string of the molecule is C[C@H](NC(=O)NOCc1ccccc1)c1ccc(C#N)cc1. The minimum absolute atomic E-state index is 0.187. The van der Waals surface area contributed by atoms with Crippen LogP contribution < -0.4 is 10.8 Å². The smallest absolute Gasteiger partial charge is 0.330 e. The number of nitrogens with zero attached hydrogens (tertiary/aromatic N) is 1. The third-order valence-electron chi connectivity index (χ3n) is 3.13. The predicted molar refractivity (Wildman–Crippen MR) is 82.5 cm³/mol. The van der Waals surface area contributed by atoms with Gasteiger partial charge in [0, 0.05) is 0 Å². The lowest BCUT2D eigenvalue weighted by atomic mass is 10.1. The van der Waals surface area contributed by atoms with Crippen molar-refractivity contribution in [2.45, 2.75) is 19.6 Å². The molecule has 0 aliphatic carbocycles. The molecule has 0 spiro atoms. The molecule has 22 heavy (non-hydrogen) atoms. The van der Waals surface area contributed by atoms with Crippen molar-refractivity contribution in [1.29, 1.82) is 5.26 Å². The first-order chi connectivity index (χ1) is 10.7. The van der Waals surface area contributed by atoms with Crippen molar-refractivity contribution in [3.63, 3.8) is 0 Å². The molecule has 2 N–H and O–H groups in total. The number of hydrogen-bond acceptors (Lipinski definition) is 3. The van der Waals surface area contributed by atoms with Crippen molar-refractivity contribution < 1.29 is 9.63 Å². The van der Waals surface area contributed by atoms with Gasteiger partial charge in [0.25, 0.3) is 0 Å². The molecule has 0 aromatic heterocycles. The number of nitrogens with one attached hydrogen (secondary N) is 2. The number of benzene rings is 2. The molecule has 2 aromatic carbocycles. The fourth-order valence-electron chi connectivity index (χ4n) is 1.91. The fourth-order valence-corrected chi connectivity index (χ4v) is 1.91. The van der Waals surface area contributed by atoms with E-state index in [4.69, 9.17) is 10.1 Å². The molecule has 2 amide bonds. The summed E-state index contributed by atoms with van der Waals surface area (Å²) >= 11 is 0. The largest absolute Gasteiger partial charge is 0.339 e. The summed E-state index contributed by atoms with van der Waals surface area (Å²) in [6.45, 7) is 2.16. The molecular formula is C17H17N3O2. The predicted octanol–water partition coefficient (Wildman–Crippen LogP) is 3.05. The Hall–Kier alpha value is -2.84. The van der Waals surface area contributed by atoms with Crippen LogP contribution >= 0.6 is 0 Å². The van der Waals surface area contributed by atoms with Gasteiger partial charge < -0.3 is 5.32 Å². The van der Waals surface area contributed by atoms with E-state index in [1.54, 1.807) is 12.1 Å². The Morgan fingerprint density at radius 1 is 1.18 bits per heavy atom. The first-order valence-electron chi connectivity index (χ1n) is 6.91. The highest BCUT2D eigenvalue weighted by Crippen LogP contribution is 2.12. The Bertz CT molecular complexity index is 648. The van der Waals surface area contributed by atoms with E-state index in [0.29, 0.717) is 12.2 Å². The van der Waals surface area contributed by atoms with Gasteiger partial charge in [-0.1, -0.05) is 42.5 Å². The first kappa shape index (κ1) is 15.5. The zero-order chi connectivity index (χ0) is 15.8. The summed E-state index contributed by atoms with van der Waals surface area (Å²) in [5, 5.41) is 11.5. The molecule has 1 atom stereocenters. The highest BCUT2D eigenvalue weighted by atomic mass is 16.7. The van der Waals surface area contributed by atoms with Crippen LogP contribution in [0.1, 0.15) is 29.7 Å². The van der Waals surface area contributed by atoms with Crippen molar-refractivity contribution in [1.82, 2.24) is 10.8 Å². The number of hydroxylamine groups is 1. The zero-order valence-corrected chi connectivity index (χ0v) is 12.2. The Labute approximate surface area is 129 Å². The van der Waals surface area contributed by atoms with Gasteiger partial charge in [0.1, 0.15) is 0 Å². The van der Waals surface area contributed by atoms with Gasteiger partial charge in [-0.2, -0.15) is 5.26 Å². The van der Waals surface area contributed by atoms with Gasteiger partial charge in [0.05, 0.1) is 24.3 Å². The average Bonchev–Trinajstić information content (AvgIpc) is 2.56. The van der Waals surface area contributed by atoms with E-state index in [2.05, 4.69) is 16.9 Å².